The minimum Gasteiger partial charge on any atom is -0.379 e. The van der Waals surface area contributed by atoms with E-state index >= 15 is 0 Å². The van der Waals surface area contributed by atoms with Crippen LogP contribution in [0.2, 0.25) is 0 Å². The summed E-state index contributed by atoms with van der Waals surface area (Å²) in [7, 11) is -3.29. The van der Waals surface area contributed by atoms with Gasteiger partial charge in [-0.3, -0.25) is 9.69 Å². The highest BCUT2D eigenvalue weighted by atomic mass is 32.2. The van der Waals surface area contributed by atoms with Crippen LogP contribution < -0.4 is 5.32 Å². The van der Waals surface area contributed by atoms with Gasteiger partial charge in [0.05, 0.1) is 19.5 Å². The van der Waals surface area contributed by atoms with Gasteiger partial charge < -0.3 is 10.1 Å². The molecular weight excluding hydrogens is 306 g/mol. The molecule has 1 amide bonds. The SMILES string of the molecule is CCCCNC(=O)CCN(CCN1CCOCC1)S(C)(=O)=O. The van der Waals surface area contributed by atoms with Gasteiger partial charge in [-0.2, -0.15) is 0 Å². The van der Waals surface area contributed by atoms with E-state index in [0.29, 0.717) is 32.8 Å². The molecule has 1 rings (SSSR count). The van der Waals surface area contributed by atoms with Crippen LogP contribution in [0.4, 0.5) is 0 Å². The zero-order valence-corrected chi connectivity index (χ0v) is 14.5. The molecule has 1 aliphatic heterocycles. The number of nitrogens with zero attached hydrogens (tertiary/aromatic N) is 2. The highest BCUT2D eigenvalue weighted by Gasteiger charge is 2.19. The van der Waals surface area contributed by atoms with Crippen LogP contribution in [-0.2, 0) is 19.6 Å². The van der Waals surface area contributed by atoms with Crippen LogP contribution in [0.15, 0.2) is 0 Å². The molecule has 1 N–H and O–H groups in total. The van der Waals surface area contributed by atoms with Crippen LogP contribution >= 0.6 is 0 Å². The lowest BCUT2D eigenvalue weighted by Crippen LogP contribution is -2.43. The molecule has 1 fully saturated rings. The average Bonchev–Trinajstić information content (AvgIpc) is 2.47. The minimum absolute atomic E-state index is 0.0894. The standard InChI is InChI=1S/C14H29N3O4S/c1-3-4-6-15-14(18)5-7-17(22(2,19)20)9-8-16-10-12-21-13-11-16/h3-13H2,1-2H3,(H,15,18). The van der Waals surface area contributed by atoms with Gasteiger partial charge in [-0.05, 0) is 6.42 Å². The van der Waals surface area contributed by atoms with Crippen LogP contribution in [0, 0.1) is 0 Å². The fourth-order valence-electron chi connectivity index (χ4n) is 2.24. The maximum atomic E-state index is 11.8. The first-order chi connectivity index (χ1) is 10.4. The normalized spacial score (nSPS) is 16.9. The maximum Gasteiger partial charge on any atom is 0.221 e. The van der Waals surface area contributed by atoms with Crippen LogP contribution in [0.25, 0.3) is 0 Å². The third-order valence-electron chi connectivity index (χ3n) is 3.68. The van der Waals surface area contributed by atoms with E-state index in [9.17, 15) is 13.2 Å². The summed E-state index contributed by atoms with van der Waals surface area (Å²) in [6.07, 6.45) is 3.37. The Balaban J connectivity index is 2.35. The second-order valence-electron chi connectivity index (χ2n) is 5.57. The second kappa shape index (κ2) is 10.1. The van der Waals surface area contributed by atoms with Gasteiger partial charge >= 0.3 is 0 Å². The monoisotopic (exact) mass is 335 g/mol. The molecule has 0 aliphatic carbocycles. The summed E-state index contributed by atoms with van der Waals surface area (Å²) in [5.41, 5.74) is 0. The van der Waals surface area contributed by atoms with Crippen LogP contribution in [0.1, 0.15) is 26.2 Å². The highest BCUT2D eigenvalue weighted by molar-refractivity contribution is 7.88. The van der Waals surface area contributed by atoms with Crippen molar-refractivity contribution in [2.24, 2.45) is 0 Å². The summed E-state index contributed by atoms with van der Waals surface area (Å²) in [6, 6.07) is 0. The van der Waals surface area contributed by atoms with E-state index in [1.807, 2.05) is 0 Å². The van der Waals surface area contributed by atoms with Gasteiger partial charge in [0, 0.05) is 45.7 Å². The Hall–Kier alpha value is -0.700. The number of unbranched alkanes of at least 4 members (excludes halogenated alkanes) is 1. The molecule has 0 atom stereocenters. The molecule has 0 radical (unpaired) electrons. The third kappa shape index (κ3) is 8.07. The van der Waals surface area contributed by atoms with E-state index in [1.165, 1.54) is 10.6 Å². The topological polar surface area (TPSA) is 79.0 Å². The molecule has 0 bridgehead atoms. The number of carbonyl (C=O) groups is 1. The van der Waals surface area contributed by atoms with Gasteiger partial charge in [0.1, 0.15) is 0 Å². The zero-order chi connectivity index (χ0) is 16.4. The molecule has 0 aromatic carbocycles. The zero-order valence-electron chi connectivity index (χ0n) is 13.7. The van der Waals surface area contributed by atoms with Crippen molar-refractivity contribution in [1.29, 1.82) is 0 Å². The molecule has 0 saturated carbocycles. The molecule has 1 saturated heterocycles. The third-order valence-corrected chi connectivity index (χ3v) is 4.98. The van der Waals surface area contributed by atoms with Gasteiger partial charge in [0.25, 0.3) is 0 Å². The molecule has 8 heteroatoms. The lowest BCUT2D eigenvalue weighted by molar-refractivity contribution is -0.121. The molecule has 130 valence electrons. The van der Waals surface area contributed by atoms with Crippen LogP contribution in [-0.4, -0.2) is 82.3 Å². The summed E-state index contributed by atoms with van der Waals surface area (Å²) in [5, 5.41) is 2.81. The van der Waals surface area contributed by atoms with E-state index in [0.717, 1.165) is 25.9 Å². The largest absolute Gasteiger partial charge is 0.379 e. The Bertz CT molecular complexity index is 422. The number of carbonyl (C=O) groups excluding carboxylic acids is 1. The average molecular weight is 335 g/mol. The van der Waals surface area contributed by atoms with Gasteiger partial charge in [0.15, 0.2) is 0 Å². The van der Waals surface area contributed by atoms with E-state index in [4.69, 9.17) is 4.74 Å². The van der Waals surface area contributed by atoms with Crippen molar-refractivity contribution in [2.75, 3.05) is 58.7 Å². The molecule has 22 heavy (non-hydrogen) atoms. The van der Waals surface area contributed by atoms with Gasteiger partial charge in [-0.1, -0.05) is 13.3 Å². The molecule has 0 spiro atoms. The van der Waals surface area contributed by atoms with E-state index in [-0.39, 0.29) is 18.9 Å². The molecule has 1 heterocycles. The van der Waals surface area contributed by atoms with Crippen molar-refractivity contribution >= 4 is 15.9 Å². The first-order valence-corrected chi connectivity index (χ1v) is 9.80. The Kier molecular flexibility index (Phi) is 8.92. The summed E-state index contributed by atoms with van der Waals surface area (Å²) in [5.74, 6) is -0.0894. The predicted molar refractivity (Wildman–Crippen MR) is 86.2 cm³/mol. The van der Waals surface area contributed by atoms with Crippen molar-refractivity contribution in [3.8, 4) is 0 Å². The van der Waals surface area contributed by atoms with Gasteiger partial charge in [-0.15, -0.1) is 0 Å². The van der Waals surface area contributed by atoms with E-state index < -0.39 is 10.0 Å². The molecular formula is C14H29N3O4S. The van der Waals surface area contributed by atoms with Crippen LogP contribution in [0.5, 0.6) is 0 Å². The Morgan fingerprint density at radius 2 is 1.95 bits per heavy atom. The Morgan fingerprint density at radius 3 is 2.55 bits per heavy atom. The second-order valence-corrected chi connectivity index (χ2v) is 7.55. The van der Waals surface area contributed by atoms with E-state index in [2.05, 4.69) is 17.1 Å². The highest BCUT2D eigenvalue weighted by Crippen LogP contribution is 2.03. The maximum absolute atomic E-state index is 11.8. The van der Waals surface area contributed by atoms with Crippen molar-refractivity contribution in [3.05, 3.63) is 0 Å². The number of sulfonamides is 1. The number of morpholine rings is 1. The van der Waals surface area contributed by atoms with Crippen molar-refractivity contribution < 1.29 is 17.9 Å². The Morgan fingerprint density at radius 1 is 1.27 bits per heavy atom. The number of hydrogen-bond acceptors (Lipinski definition) is 5. The summed E-state index contributed by atoms with van der Waals surface area (Å²) in [6.45, 7) is 7.09. The smallest absolute Gasteiger partial charge is 0.221 e. The summed E-state index contributed by atoms with van der Waals surface area (Å²) in [4.78, 5) is 13.9. The van der Waals surface area contributed by atoms with Crippen molar-refractivity contribution in [3.63, 3.8) is 0 Å². The fraction of sp³-hybridized carbons (Fsp3) is 0.929. The molecule has 0 aromatic rings. The van der Waals surface area contributed by atoms with Crippen LogP contribution in [0.3, 0.4) is 0 Å². The first kappa shape index (κ1) is 19.3. The molecule has 1 aliphatic rings. The predicted octanol–water partition coefficient (Wildman–Crippen LogP) is -0.113. The number of amides is 1. The number of hydrogen-bond donors (Lipinski definition) is 1. The Labute approximate surface area is 134 Å². The van der Waals surface area contributed by atoms with Gasteiger partial charge in [-0.25, -0.2) is 12.7 Å². The quantitative estimate of drug-likeness (QED) is 0.564. The summed E-state index contributed by atoms with van der Waals surface area (Å²) >= 11 is 0. The number of rotatable bonds is 10. The molecule has 7 nitrogen and oxygen atoms in total. The van der Waals surface area contributed by atoms with E-state index in [1.54, 1.807) is 0 Å². The number of ether oxygens (including phenoxy) is 1. The first-order valence-electron chi connectivity index (χ1n) is 7.95. The lowest BCUT2D eigenvalue weighted by Gasteiger charge is -2.29. The van der Waals surface area contributed by atoms with Crippen molar-refractivity contribution in [1.82, 2.24) is 14.5 Å². The minimum atomic E-state index is -3.29. The lowest BCUT2D eigenvalue weighted by atomic mass is 10.3. The van der Waals surface area contributed by atoms with Gasteiger partial charge in [0.2, 0.25) is 15.9 Å². The number of nitrogens with one attached hydrogen (secondary N) is 1. The fourth-order valence-corrected chi connectivity index (χ4v) is 3.08. The molecule has 0 unspecified atom stereocenters. The van der Waals surface area contributed by atoms with Crippen molar-refractivity contribution in [2.45, 2.75) is 26.2 Å². The summed E-state index contributed by atoms with van der Waals surface area (Å²) < 4.78 is 30.3. The molecule has 0 aromatic heterocycles.